The molecule has 1 atom stereocenters. The number of nitrogens with zero attached hydrogens (tertiary/aromatic N) is 2. The molecule has 0 aromatic heterocycles. The Morgan fingerprint density at radius 3 is 2.50 bits per heavy atom. The zero-order valence-electron chi connectivity index (χ0n) is 11.2. The number of hydrogen-bond donors (Lipinski definition) is 0. The molecule has 0 amide bonds. The first-order valence-electron chi connectivity index (χ1n) is 6.75. The van der Waals surface area contributed by atoms with Gasteiger partial charge in [0.25, 0.3) is 0 Å². The fourth-order valence-corrected chi connectivity index (χ4v) is 2.03. The Labute approximate surface area is 101 Å². The first-order valence-corrected chi connectivity index (χ1v) is 6.75. The van der Waals surface area contributed by atoms with Crippen molar-refractivity contribution in [3.05, 3.63) is 0 Å². The lowest BCUT2D eigenvalue weighted by Crippen LogP contribution is -2.45. The van der Waals surface area contributed by atoms with Crippen LogP contribution in [0.25, 0.3) is 0 Å². The molecule has 0 N–H and O–H groups in total. The first kappa shape index (κ1) is 13.9. The summed E-state index contributed by atoms with van der Waals surface area (Å²) in [6, 6.07) is 0. The molecular weight excluding hydrogens is 200 g/mol. The highest BCUT2D eigenvalue weighted by Crippen LogP contribution is 2.04. The zero-order chi connectivity index (χ0) is 11.8. The van der Waals surface area contributed by atoms with Gasteiger partial charge in [-0.05, 0) is 20.4 Å². The van der Waals surface area contributed by atoms with E-state index < -0.39 is 0 Å². The van der Waals surface area contributed by atoms with Crippen molar-refractivity contribution in [3.63, 3.8) is 0 Å². The highest BCUT2D eigenvalue weighted by atomic mass is 16.5. The third-order valence-electron chi connectivity index (χ3n) is 3.37. The maximum Gasteiger partial charge on any atom is 0.0597 e. The van der Waals surface area contributed by atoms with Crippen molar-refractivity contribution in [3.8, 4) is 0 Å². The molecule has 16 heavy (non-hydrogen) atoms. The second-order valence-corrected chi connectivity index (χ2v) is 4.97. The summed E-state index contributed by atoms with van der Waals surface area (Å²) in [5.74, 6) is 0. The van der Waals surface area contributed by atoms with E-state index in [1.807, 2.05) is 0 Å². The molecule has 3 nitrogen and oxygen atoms in total. The number of piperazine rings is 1. The van der Waals surface area contributed by atoms with E-state index in [0.717, 1.165) is 13.2 Å². The van der Waals surface area contributed by atoms with E-state index in [4.69, 9.17) is 4.74 Å². The normalized spacial score (nSPS) is 21.2. The predicted octanol–water partition coefficient (Wildman–Crippen LogP) is 1.83. The van der Waals surface area contributed by atoms with Crippen molar-refractivity contribution in [1.82, 2.24) is 9.80 Å². The van der Waals surface area contributed by atoms with Crippen LogP contribution >= 0.6 is 0 Å². The van der Waals surface area contributed by atoms with E-state index in [-0.39, 0.29) is 0 Å². The second kappa shape index (κ2) is 8.04. The Morgan fingerprint density at radius 1 is 1.19 bits per heavy atom. The maximum absolute atomic E-state index is 5.82. The zero-order valence-corrected chi connectivity index (χ0v) is 11.2. The lowest BCUT2D eigenvalue weighted by Gasteiger charge is -2.32. The van der Waals surface area contributed by atoms with Crippen LogP contribution in [-0.2, 0) is 4.74 Å². The van der Waals surface area contributed by atoms with Crippen LogP contribution in [0, 0.1) is 0 Å². The number of unbranched alkanes of at least 4 members (excludes halogenated alkanes) is 1. The number of likely N-dealkylation sites (N-methyl/N-ethyl adjacent to an activating group) is 1. The van der Waals surface area contributed by atoms with Gasteiger partial charge in [-0.3, -0.25) is 4.90 Å². The van der Waals surface area contributed by atoms with Crippen molar-refractivity contribution >= 4 is 0 Å². The van der Waals surface area contributed by atoms with Crippen LogP contribution in [0.3, 0.4) is 0 Å². The van der Waals surface area contributed by atoms with E-state index in [0.29, 0.717) is 6.10 Å². The Balaban J connectivity index is 1.98. The molecule has 1 saturated heterocycles. The largest absolute Gasteiger partial charge is 0.377 e. The molecule has 3 heteroatoms. The van der Waals surface area contributed by atoms with Crippen LogP contribution in [0.4, 0.5) is 0 Å². The molecule has 1 fully saturated rings. The van der Waals surface area contributed by atoms with Gasteiger partial charge >= 0.3 is 0 Å². The molecule has 1 unspecified atom stereocenters. The minimum atomic E-state index is 0.437. The summed E-state index contributed by atoms with van der Waals surface area (Å²) in [6.07, 6.45) is 4.20. The van der Waals surface area contributed by atoms with Gasteiger partial charge in [-0.25, -0.2) is 0 Å². The highest BCUT2D eigenvalue weighted by Gasteiger charge is 2.13. The Hall–Kier alpha value is -0.120. The summed E-state index contributed by atoms with van der Waals surface area (Å²) in [5.41, 5.74) is 0. The van der Waals surface area contributed by atoms with E-state index in [2.05, 4.69) is 30.7 Å². The number of ether oxygens (including phenoxy) is 1. The third kappa shape index (κ3) is 5.83. The molecule has 0 aromatic carbocycles. The molecule has 0 spiro atoms. The maximum atomic E-state index is 5.82. The van der Waals surface area contributed by atoms with Crippen LogP contribution in [0.2, 0.25) is 0 Å². The van der Waals surface area contributed by atoms with E-state index in [1.165, 1.54) is 45.4 Å². The van der Waals surface area contributed by atoms with Gasteiger partial charge in [0.2, 0.25) is 0 Å². The average Bonchev–Trinajstić information content (AvgIpc) is 2.29. The topological polar surface area (TPSA) is 15.7 Å². The van der Waals surface area contributed by atoms with E-state index in [1.54, 1.807) is 0 Å². The fraction of sp³-hybridized carbons (Fsp3) is 1.00. The summed E-state index contributed by atoms with van der Waals surface area (Å²) in [6.45, 7) is 11.2. The lowest BCUT2D eigenvalue weighted by molar-refractivity contribution is 0.0338. The van der Waals surface area contributed by atoms with Gasteiger partial charge in [0.1, 0.15) is 0 Å². The monoisotopic (exact) mass is 228 g/mol. The molecular formula is C13H28N2O. The number of rotatable bonds is 7. The summed E-state index contributed by atoms with van der Waals surface area (Å²) >= 11 is 0. The minimum Gasteiger partial charge on any atom is -0.377 e. The van der Waals surface area contributed by atoms with Crippen LogP contribution < -0.4 is 0 Å². The summed E-state index contributed by atoms with van der Waals surface area (Å²) in [4.78, 5) is 4.90. The predicted molar refractivity (Wildman–Crippen MR) is 68.9 cm³/mol. The second-order valence-electron chi connectivity index (χ2n) is 4.97. The van der Waals surface area contributed by atoms with Gasteiger partial charge in [-0.15, -0.1) is 0 Å². The van der Waals surface area contributed by atoms with E-state index >= 15 is 0 Å². The lowest BCUT2D eigenvalue weighted by atomic mass is 10.2. The molecule has 0 aromatic rings. The molecule has 1 heterocycles. The summed E-state index contributed by atoms with van der Waals surface area (Å²) in [7, 11) is 2.20. The van der Waals surface area contributed by atoms with Crippen LogP contribution in [0.5, 0.6) is 0 Å². The van der Waals surface area contributed by atoms with Gasteiger partial charge in [0, 0.05) is 32.7 Å². The van der Waals surface area contributed by atoms with Crippen LogP contribution in [0.15, 0.2) is 0 Å². The molecule has 1 aliphatic heterocycles. The Bertz CT molecular complexity index is 167. The minimum absolute atomic E-state index is 0.437. The third-order valence-corrected chi connectivity index (χ3v) is 3.37. The molecule has 0 saturated carbocycles. The Morgan fingerprint density at radius 2 is 1.88 bits per heavy atom. The SMILES string of the molecule is CCCCC(C)OCCN1CCN(C)CC1. The smallest absolute Gasteiger partial charge is 0.0597 e. The highest BCUT2D eigenvalue weighted by molar-refractivity contribution is 4.68. The average molecular weight is 228 g/mol. The standard InChI is InChI=1S/C13H28N2O/c1-4-5-6-13(2)16-12-11-15-9-7-14(3)8-10-15/h13H,4-12H2,1-3H3. The van der Waals surface area contributed by atoms with Crippen molar-refractivity contribution in [2.75, 3.05) is 46.4 Å². The molecule has 0 bridgehead atoms. The molecule has 0 aliphatic carbocycles. The summed E-state index contributed by atoms with van der Waals surface area (Å²) < 4.78 is 5.82. The molecule has 1 rings (SSSR count). The van der Waals surface area contributed by atoms with Crippen molar-refractivity contribution in [1.29, 1.82) is 0 Å². The molecule has 96 valence electrons. The van der Waals surface area contributed by atoms with Gasteiger partial charge in [0.05, 0.1) is 12.7 Å². The van der Waals surface area contributed by atoms with Crippen LogP contribution in [-0.4, -0.2) is 62.3 Å². The summed E-state index contributed by atoms with van der Waals surface area (Å²) in [5, 5.41) is 0. The van der Waals surface area contributed by atoms with Gasteiger partial charge in [-0.2, -0.15) is 0 Å². The van der Waals surface area contributed by atoms with E-state index in [9.17, 15) is 0 Å². The van der Waals surface area contributed by atoms with Gasteiger partial charge in [-0.1, -0.05) is 19.8 Å². The van der Waals surface area contributed by atoms with Crippen molar-refractivity contribution < 1.29 is 4.74 Å². The quantitative estimate of drug-likeness (QED) is 0.661. The van der Waals surface area contributed by atoms with Crippen LogP contribution in [0.1, 0.15) is 33.1 Å². The number of hydrogen-bond acceptors (Lipinski definition) is 3. The van der Waals surface area contributed by atoms with Crippen molar-refractivity contribution in [2.24, 2.45) is 0 Å². The Kier molecular flexibility index (Phi) is 7.01. The van der Waals surface area contributed by atoms with Gasteiger partial charge in [0.15, 0.2) is 0 Å². The van der Waals surface area contributed by atoms with Gasteiger partial charge < -0.3 is 9.64 Å². The molecule has 0 radical (unpaired) electrons. The fourth-order valence-electron chi connectivity index (χ4n) is 2.03. The first-order chi connectivity index (χ1) is 7.72. The van der Waals surface area contributed by atoms with Crippen molar-refractivity contribution in [2.45, 2.75) is 39.2 Å². The molecule has 1 aliphatic rings.